The van der Waals surface area contributed by atoms with Crippen molar-refractivity contribution in [1.29, 1.82) is 0 Å². The lowest BCUT2D eigenvalue weighted by molar-refractivity contribution is 0.277. The fraction of sp³-hybridized carbons (Fsp3) is 0.222. The minimum Gasteiger partial charge on any atom is -0.504 e. The minimum absolute atomic E-state index is 0.208. The van der Waals surface area contributed by atoms with Crippen LogP contribution in [0, 0.1) is 0 Å². The number of hydrogen-bond acceptors (Lipinski definition) is 3. The Morgan fingerprint density at radius 1 is 1.17 bits per heavy atom. The lowest BCUT2D eigenvalue weighted by Crippen LogP contribution is -1.90. The highest BCUT2D eigenvalue weighted by Gasteiger charge is 1.85. The first-order chi connectivity index (χ1) is 5.72. The van der Waals surface area contributed by atoms with Crippen molar-refractivity contribution in [1.82, 2.24) is 0 Å². The molecule has 1 aromatic carbocycles. The fourth-order valence-electron chi connectivity index (χ4n) is 0.521. The Hall–Kier alpha value is -1.35. The van der Waals surface area contributed by atoms with Crippen LogP contribution >= 0.6 is 0 Å². The van der Waals surface area contributed by atoms with E-state index in [0.29, 0.717) is 0 Å². The van der Waals surface area contributed by atoms with Crippen molar-refractivity contribution >= 4 is 0 Å². The number of hydrogen-bond donors (Lipinski definition) is 1. The van der Waals surface area contributed by atoms with E-state index in [1.165, 1.54) is 12.1 Å². The Kier molecular flexibility index (Phi) is 5.65. The molecule has 0 atom stereocenters. The molecule has 0 heterocycles. The normalized spacial score (nSPS) is 8.17. The first kappa shape index (κ1) is 10.7. The van der Waals surface area contributed by atoms with Crippen molar-refractivity contribution in [3.05, 3.63) is 40.6 Å². The molecule has 0 aliphatic carbocycles. The molecule has 0 saturated carbocycles. The molecule has 0 saturated heterocycles. The van der Waals surface area contributed by atoms with E-state index >= 15 is 0 Å². The zero-order chi connectivity index (χ0) is 9.40. The largest absolute Gasteiger partial charge is 0.504 e. The highest BCUT2D eigenvalue weighted by Crippen LogP contribution is 1.93. The van der Waals surface area contributed by atoms with Crippen LogP contribution in [0.4, 0.5) is 0 Å². The number of rotatable bonds is 0. The Bertz CT molecular complexity index is 270. The second-order valence-corrected chi connectivity index (χ2v) is 2.07. The van der Waals surface area contributed by atoms with Gasteiger partial charge in [-0.15, -0.1) is 0 Å². The summed E-state index contributed by atoms with van der Waals surface area (Å²) in [6.07, 6.45) is 0. The SMILES string of the molecule is COC.O=c1cccccc1O. The van der Waals surface area contributed by atoms with Crippen LogP contribution in [0.15, 0.2) is 35.1 Å². The van der Waals surface area contributed by atoms with Gasteiger partial charge in [0.25, 0.3) is 0 Å². The molecule has 0 bridgehead atoms. The molecule has 0 radical (unpaired) electrons. The number of ether oxygens (including phenoxy) is 1. The highest BCUT2D eigenvalue weighted by atomic mass is 16.4. The van der Waals surface area contributed by atoms with Crippen LogP contribution in [-0.2, 0) is 4.74 Å². The van der Waals surface area contributed by atoms with Crippen molar-refractivity contribution in [2.75, 3.05) is 14.2 Å². The maximum Gasteiger partial charge on any atom is 0.220 e. The van der Waals surface area contributed by atoms with Gasteiger partial charge >= 0.3 is 0 Å². The molecule has 0 spiro atoms. The van der Waals surface area contributed by atoms with Crippen LogP contribution in [0.1, 0.15) is 0 Å². The van der Waals surface area contributed by atoms with Crippen molar-refractivity contribution in [3.8, 4) is 5.75 Å². The van der Waals surface area contributed by atoms with E-state index in [2.05, 4.69) is 4.74 Å². The average molecular weight is 168 g/mol. The predicted molar refractivity (Wildman–Crippen MR) is 47.3 cm³/mol. The van der Waals surface area contributed by atoms with Gasteiger partial charge in [-0.1, -0.05) is 18.2 Å². The van der Waals surface area contributed by atoms with E-state index in [1.54, 1.807) is 32.4 Å². The van der Waals surface area contributed by atoms with E-state index in [-0.39, 0.29) is 11.2 Å². The van der Waals surface area contributed by atoms with Gasteiger partial charge in [0.1, 0.15) is 0 Å². The van der Waals surface area contributed by atoms with E-state index in [4.69, 9.17) is 5.11 Å². The Labute approximate surface area is 71.2 Å². The van der Waals surface area contributed by atoms with Crippen LogP contribution in [0.5, 0.6) is 5.75 Å². The molecular formula is C9H12O3. The van der Waals surface area contributed by atoms with Crippen LogP contribution in [0.2, 0.25) is 0 Å². The molecule has 12 heavy (non-hydrogen) atoms. The summed E-state index contributed by atoms with van der Waals surface area (Å²) >= 11 is 0. The zero-order valence-corrected chi connectivity index (χ0v) is 7.15. The molecular weight excluding hydrogens is 156 g/mol. The predicted octanol–water partition coefficient (Wildman–Crippen LogP) is 1.02. The monoisotopic (exact) mass is 168 g/mol. The van der Waals surface area contributed by atoms with Gasteiger partial charge in [-0.05, 0) is 12.1 Å². The third-order valence-corrected chi connectivity index (χ3v) is 0.976. The molecule has 1 aromatic rings. The van der Waals surface area contributed by atoms with Gasteiger partial charge in [-0.25, -0.2) is 0 Å². The minimum atomic E-state index is -0.347. The number of aromatic hydroxyl groups is 1. The van der Waals surface area contributed by atoms with Crippen molar-refractivity contribution in [3.63, 3.8) is 0 Å². The lowest BCUT2D eigenvalue weighted by atomic mass is 10.5. The third kappa shape index (κ3) is 4.46. The second kappa shape index (κ2) is 6.37. The van der Waals surface area contributed by atoms with Crippen molar-refractivity contribution in [2.24, 2.45) is 0 Å². The summed E-state index contributed by atoms with van der Waals surface area (Å²) in [7, 11) is 3.25. The van der Waals surface area contributed by atoms with Crippen LogP contribution in [-0.4, -0.2) is 19.3 Å². The van der Waals surface area contributed by atoms with Crippen LogP contribution in [0.25, 0.3) is 0 Å². The van der Waals surface area contributed by atoms with Gasteiger partial charge in [0.15, 0.2) is 5.75 Å². The molecule has 0 amide bonds. The summed E-state index contributed by atoms with van der Waals surface area (Å²) in [6.45, 7) is 0. The fourth-order valence-corrected chi connectivity index (χ4v) is 0.521. The third-order valence-electron chi connectivity index (χ3n) is 0.976. The maximum atomic E-state index is 10.6. The quantitative estimate of drug-likeness (QED) is 0.629. The van der Waals surface area contributed by atoms with Gasteiger partial charge in [0.05, 0.1) is 0 Å². The summed E-state index contributed by atoms with van der Waals surface area (Å²) in [5.41, 5.74) is -0.347. The molecule has 0 fully saturated rings. The molecule has 0 unspecified atom stereocenters. The Balaban J connectivity index is 0.000000354. The van der Waals surface area contributed by atoms with E-state index in [1.807, 2.05) is 0 Å². The number of methoxy groups -OCH3 is 1. The second-order valence-electron chi connectivity index (χ2n) is 2.07. The molecule has 0 aromatic heterocycles. The molecule has 3 heteroatoms. The topological polar surface area (TPSA) is 46.5 Å². The molecule has 0 aliphatic heterocycles. The average Bonchev–Trinajstić information content (AvgIpc) is 2.19. The highest BCUT2D eigenvalue weighted by molar-refractivity contribution is 5.17. The Morgan fingerprint density at radius 3 is 2.25 bits per heavy atom. The van der Waals surface area contributed by atoms with E-state index in [0.717, 1.165) is 0 Å². The smallest absolute Gasteiger partial charge is 0.220 e. The maximum absolute atomic E-state index is 10.6. The molecule has 3 nitrogen and oxygen atoms in total. The molecule has 0 aliphatic rings. The van der Waals surface area contributed by atoms with E-state index < -0.39 is 0 Å². The zero-order valence-electron chi connectivity index (χ0n) is 7.15. The summed E-state index contributed by atoms with van der Waals surface area (Å²) in [5.74, 6) is -0.208. The first-order valence-electron chi connectivity index (χ1n) is 3.40. The van der Waals surface area contributed by atoms with Gasteiger partial charge in [-0.2, -0.15) is 0 Å². The lowest BCUT2D eigenvalue weighted by Gasteiger charge is -1.74. The first-order valence-corrected chi connectivity index (χ1v) is 3.40. The molecule has 66 valence electrons. The van der Waals surface area contributed by atoms with E-state index in [9.17, 15) is 4.79 Å². The summed E-state index contributed by atoms with van der Waals surface area (Å²) in [6, 6.07) is 7.55. The van der Waals surface area contributed by atoms with Crippen LogP contribution < -0.4 is 5.43 Å². The summed E-state index contributed by atoms with van der Waals surface area (Å²) in [5, 5.41) is 8.77. The van der Waals surface area contributed by atoms with Gasteiger partial charge in [0, 0.05) is 14.2 Å². The van der Waals surface area contributed by atoms with Gasteiger partial charge < -0.3 is 9.84 Å². The summed E-state index contributed by atoms with van der Waals surface area (Å²) in [4.78, 5) is 10.6. The van der Waals surface area contributed by atoms with Gasteiger partial charge in [0.2, 0.25) is 5.43 Å². The molecule has 1 rings (SSSR count). The van der Waals surface area contributed by atoms with Crippen LogP contribution in [0.3, 0.4) is 0 Å². The van der Waals surface area contributed by atoms with Crippen molar-refractivity contribution < 1.29 is 9.84 Å². The van der Waals surface area contributed by atoms with Gasteiger partial charge in [-0.3, -0.25) is 4.79 Å². The standard InChI is InChI=1S/C7H6O2.C2H6O/c8-6-4-2-1-3-5-7(6)9;1-3-2/h1-5H,(H,8,9);1-2H3. The van der Waals surface area contributed by atoms with Crippen molar-refractivity contribution in [2.45, 2.75) is 0 Å². The summed E-state index contributed by atoms with van der Waals surface area (Å²) < 4.78 is 4.25. The Morgan fingerprint density at radius 2 is 1.67 bits per heavy atom. The molecule has 1 N–H and O–H groups in total.